The fraction of sp³-hybridized carbons (Fsp3) is 0.200. The van der Waals surface area contributed by atoms with Crippen LogP contribution in [0, 0.1) is 0 Å². The van der Waals surface area contributed by atoms with Crippen LogP contribution in [0.1, 0.15) is 0 Å². The molecule has 58 valence electrons. The van der Waals surface area contributed by atoms with Crippen LogP contribution in [0.15, 0.2) is 12.7 Å². The molecule has 0 aliphatic heterocycles. The summed E-state index contributed by atoms with van der Waals surface area (Å²) >= 11 is 0. The number of carbonyl (C=O) groups excluding carboxylic acids is 1. The number of hydrogen-bond donors (Lipinski definition) is 2. The molecule has 0 amide bonds. The van der Waals surface area contributed by atoms with Crippen LogP contribution < -0.4 is 40.4 Å². The third-order valence-electron chi connectivity index (χ3n) is 0.341. The second-order valence-electron chi connectivity index (χ2n) is 1.12. The normalized spacial score (nSPS) is 6.27. The molecule has 0 spiro atoms. The first kappa shape index (κ1) is 16.9. The Bertz CT molecular complexity index is 136. The molecule has 0 rings (SSSR count). The zero-order valence-corrected chi connectivity index (χ0v) is 8.24. The van der Waals surface area contributed by atoms with Crippen molar-refractivity contribution in [1.29, 1.82) is 0 Å². The van der Waals surface area contributed by atoms with Crippen molar-refractivity contribution in [2.45, 2.75) is 0 Å². The van der Waals surface area contributed by atoms with Gasteiger partial charge in [-0.3, -0.25) is 4.79 Å². The summed E-state index contributed by atoms with van der Waals surface area (Å²) in [5.74, 6) is -2.20. The molecule has 0 saturated heterocycles. The molecule has 0 unspecified atom stereocenters. The van der Waals surface area contributed by atoms with E-state index in [9.17, 15) is 4.79 Å². The fourth-order valence-electron chi connectivity index (χ4n) is 0. The molecule has 0 radical (unpaired) electrons. The summed E-state index contributed by atoms with van der Waals surface area (Å²) in [6, 6.07) is 0. The van der Waals surface area contributed by atoms with Crippen molar-refractivity contribution < 1.29 is 49.4 Å². The van der Waals surface area contributed by atoms with E-state index < -0.39 is 11.9 Å². The maximum absolute atomic E-state index is 9.24. The van der Waals surface area contributed by atoms with Crippen molar-refractivity contribution in [3.05, 3.63) is 12.7 Å². The predicted octanol–water partition coefficient (Wildman–Crippen LogP) is -5.04. The smallest absolute Gasteiger partial charge is 0.545 e. The Hall–Kier alpha value is -0.360. The average Bonchev–Trinajstić information content (AvgIpc) is 1.89. The van der Waals surface area contributed by atoms with Gasteiger partial charge < -0.3 is 20.7 Å². The monoisotopic (exact) mass is 169 g/mol. The Labute approximate surface area is 86.2 Å². The molecular formula is C5H8NNaO4. The van der Waals surface area contributed by atoms with Gasteiger partial charge >= 0.3 is 35.5 Å². The predicted molar refractivity (Wildman–Crippen MR) is 31.9 cm³/mol. The van der Waals surface area contributed by atoms with Gasteiger partial charge in [-0.05, 0) is 6.08 Å². The van der Waals surface area contributed by atoms with E-state index in [1.807, 2.05) is 0 Å². The van der Waals surface area contributed by atoms with Gasteiger partial charge in [0.2, 0.25) is 0 Å². The minimum absolute atomic E-state index is 0. The number of aliphatic carboxylic acids is 2. The Morgan fingerprint density at radius 3 is 1.82 bits per heavy atom. The van der Waals surface area contributed by atoms with E-state index in [4.69, 9.17) is 15.0 Å². The number of carboxylic acid groups (broad SMARTS) is 2. The number of rotatable bonds is 2. The molecule has 5 nitrogen and oxygen atoms in total. The van der Waals surface area contributed by atoms with E-state index in [0.717, 1.165) is 6.08 Å². The van der Waals surface area contributed by atoms with Crippen molar-refractivity contribution in [1.82, 2.24) is 0 Å². The topological polar surface area (TPSA) is 103 Å². The van der Waals surface area contributed by atoms with Crippen LogP contribution in [-0.2, 0) is 9.59 Å². The zero-order chi connectivity index (χ0) is 8.57. The molecular weight excluding hydrogens is 161 g/mol. The first-order valence-corrected chi connectivity index (χ1v) is 2.29. The van der Waals surface area contributed by atoms with Crippen molar-refractivity contribution in [3.8, 4) is 0 Å². The van der Waals surface area contributed by atoms with Crippen molar-refractivity contribution >= 4 is 11.9 Å². The van der Waals surface area contributed by atoms with Crippen molar-refractivity contribution in [2.75, 3.05) is 6.54 Å². The van der Waals surface area contributed by atoms with E-state index in [1.165, 1.54) is 0 Å². The molecule has 0 atom stereocenters. The summed E-state index contributed by atoms with van der Waals surface area (Å²) < 4.78 is 0. The third kappa shape index (κ3) is 42.5. The number of hydrogen-bond acceptors (Lipinski definition) is 4. The fourth-order valence-corrected chi connectivity index (χ4v) is 0. The first-order valence-electron chi connectivity index (χ1n) is 2.29. The van der Waals surface area contributed by atoms with E-state index in [2.05, 4.69) is 12.3 Å². The van der Waals surface area contributed by atoms with Gasteiger partial charge in [-0.2, -0.15) is 0 Å². The average molecular weight is 169 g/mol. The standard InChI is InChI=1S/C3H4O2.C2H5NO2.Na/c1-2-3(4)5;3-1-2(4)5;/h2H,1H2,(H,4,5);1,3H2,(H,4,5);/q;;+1/p-1. The summed E-state index contributed by atoms with van der Waals surface area (Å²) in [7, 11) is 0. The van der Waals surface area contributed by atoms with Gasteiger partial charge in [-0.15, -0.1) is 0 Å². The van der Waals surface area contributed by atoms with E-state index in [-0.39, 0.29) is 36.1 Å². The summed E-state index contributed by atoms with van der Waals surface area (Å²) in [5.41, 5.74) is 4.57. The van der Waals surface area contributed by atoms with Gasteiger partial charge in [0.1, 0.15) is 0 Å². The van der Waals surface area contributed by atoms with Gasteiger partial charge in [0.25, 0.3) is 0 Å². The summed E-state index contributed by atoms with van der Waals surface area (Å²) in [6.07, 6.45) is 0.722. The third-order valence-corrected chi connectivity index (χ3v) is 0.341. The van der Waals surface area contributed by atoms with Crippen LogP contribution in [0.3, 0.4) is 0 Å². The SMILES string of the molecule is C=CC(=O)[O-].NCC(=O)O.[Na+]. The molecule has 0 aliphatic rings. The Morgan fingerprint density at radius 2 is 1.82 bits per heavy atom. The Balaban J connectivity index is -0.000000107. The summed E-state index contributed by atoms with van der Waals surface area (Å²) in [5, 5.41) is 16.7. The summed E-state index contributed by atoms with van der Waals surface area (Å²) in [4.78, 5) is 18.4. The van der Waals surface area contributed by atoms with Crippen LogP contribution >= 0.6 is 0 Å². The molecule has 0 aromatic heterocycles. The number of carboxylic acids is 2. The van der Waals surface area contributed by atoms with E-state index in [1.54, 1.807) is 0 Å². The quantitative estimate of drug-likeness (QED) is 0.318. The van der Waals surface area contributed by atoms with Gasteiger partial charge in [-0.1, -0.05) is 6.58 Å². The molecule has 0 aromatic carbocycles. The second kappa shape index (κ2) is 12.3. The minimum atomic E-state index is -1.23. The minimum Gasteiger partial charge on any atom is -0.545 e. The van der Waals surface area contributed by atoms with Crippen LogP contribution in [0.5, 0.6) is 0 Å². The molecule has 0 fully saturated rings. The summed E-state index contributed by atoms with van der Waals surface area (Å²) in [6.45, 7) is 2.62. The van der Waals surface area contributed by atoms with Crippen LogP contribution in [0.25, 0.3) is 0 Å². The van der Waals surface area contributed by atoms with Gasteiger partial charge in [0, 0.05) is 0 Å². The molecule has 0 bridgehead atoms. The van der Waals surface area contributed by atoms with Crippen LogP contribution in [0.2, 0.25) is 0 Å². The Morgan fingerprint density at radius 1 is 1.64 bits per heavy atom. The maximum Gasteiger partial charge on any atom is 1.00 e. The van der Waals surface area contributed by atoms with E-state index in [0.29, 0.717) is 0 Å². The van der Waals surface area contributed by atoms with Gasteiger partial charge in [0.05, 0.1) is 12.5 Å². The molecule has 6 heteroatoms. The van der Waals surface area contributed by atoms with Crippen LogP contribution in [-0.4, -0.2) is 23.6 Å². The maximum atomic E-state index is 9.24. The molecule has 0 aromatic rings. The molecule has 3 N–H and O–H groups in total. The van der Waals surface area contributed by atoms with Gasteiger partial charge in [0.15, 0.2) is 0 Å². The zero-order valence-electron chi connectivity index (χ0n) is 6.24. The first-order chi connectivity index (χ1) is 4.54. The second-order valence-corrected chi connectivity index (χ2v) is 1.12. The molecule has 0 saturated carbocycles. The number of carbonyl (C=O) groups is 2. The molecule has 0 aliphatic carbocycles. The van der Waals surface area contributed by atoms with Crippen molar-refractivity contribution in [3.63, 3.8) is 0 Å². The van der Waals surface area contributed by atoms with Crippen molar-refractivity contribution in [2.24, 2.45) is 5.73 Å². The number of nitrogens with two attached hydrogens (primary N) is 1. The van der Waals surface area contributed by atoms with Gasteiger partial charge in [-0.25, -0.2) is 0 Å². The largest absolute Gasteiger partial charge is 1.00 e. The van der Waals surface area contributed by atoms with Crippen LogP contribution in [0.4, 0.5) is 0 Å². The Kier molecular flexibility index (Phi) is 19.0. The molecule has 0 heterocycles. The van der Waals surface area contributed by atoms with E-state index >= 15 is 0 Å². The molecule has 11 heavy (non-hydrogen) atoms.